The van der Waals surface area contributed by atoms with Gasteiger partial charge in [-0.05, 0) is 43.7 Å². The highest BCUT2D eigenvalue weighted by Gasteiger charge is 2.13. The number of rotatable bonds is 8. The Balaban J connectivity index is 1.98. The molecule has 0 aromatic heterocycles. The number of amides is 1. The standard InChI is InChI=1S/C22H25NO3/c1-5-14-26-19-10-7-18(8-11-19)9-13-22(24)23-17(3)20-15-16(2)6-12-21(20)25-4/h5-13,15,17H,1,14H2,2-4H3,(H,23,24)/b13-9+/t17-/m0/s1. The lowest BCUT2D eigenvalue weighted by atomic mass is 10.0. The third-order valence-electron chi connectivity index (χ3n) is 3.89. The van der Waals surface area contributed by atoms with E-state index >= 15 is 0 Å². The third kappa shape index (κ3) is 5.52. The molecule has 0 saturated heterocycles. The zero-order valence-corrected chi connectivity index (χ0v) is 15.5. The zero-order chi connectivity index (χ0) is 18.9. The Morgan fingerprint density at radius 3 is 2.62 bits per heavy atom. The summed E-state index contributed by atoms with van der Waals surface area (Å²) in [7, 11) is 1.63. The van der Waals surface area contributed by atoms with Crippen LogP contribution in [0.5, 0.6) is 11.5 Å². The van der Waals surface area contributed by atoms with Crippen LogP contribution in [0.2, 0.25) is 0 Å². The van der Waals surface area contributed by atoms with Crippen molar-refractivity contribution in [2.45, 2.75) is 19.9 Å². The molecule has 0 fully saturated rings. The van der Waals surface area contributed by atoms with Crippen LogP contribution in [0.3, 0.4) is 0 Å². The van der Waals surface area contributed by atoms with Crippen molar-refractivity contribution in [2.24, 2.45) is 0 Å². The molecule has 2 aromatic carbocycles. The lowest BCUT2D eigenvalue weighted by Gasteiger charge is -2.17. The van der Waals surface area contributed by atoms with Gasteiger partial charge in [-0.2, -0.15) is 0 Å². The molecule has 136 valence electrons. The van der Waals surface area contributed by atoms with Crippen molar-refractivity contribution >= 4 is 12.0 Å². The summed E-state index contributed by atoms with van der Waals surface area (Å²) in [6, 6.07) is 13.3. The molecule has 0 bridgehead atoms. The van der Waals surface area contributed by atoms with Gasteiger partial charge in [0.15, 0.2) is 0 Å². The van der Waals surface area contributed by atoms with Crippen LogP contribution in [0, 0.1) is 6.92 Å². The molecule has 2 rings (SSSR count). The van der Waals surface area contributed by atoms with Crippen LogP contribution in [-0.2, 0) is 4.79 Å². The van der Waals surface area contributed by atoms with Gasteiger partial charge >= 0.3 is 0 Å². The number of hydrogen-bond donors (Lipinski definition) is 1. The predicted octanol–water partition coefficient (Wildman–Crippen LogP) is 4.46. The highest BCUT2D eigenvalue weighted by Crippen LogP contribution is 2.26. The van der Waals surface area contributed by atoms with Crippen LogP contribution in [0.15, 0.2) is 61.2 Å². The summed E-state index contributed by atoms with van der Waals surface area (Å²) in [5, 5.41) is 2.97. The number of benzene rings is 2. The fourth-order valence-corrected chi connectivity index (χ4v) is 2.53. The molecule has 0 aliphatic heterocycles. The number of methoxy groups -OCH3 is 1. The summed E-state index contributed by atoms with van der Waals surface area (Å²) in [4.78, 5) is 12.2. The third-order valence-corrected chi connectivity index (χ3v) is 3.89. The lowest BCUT2D eigenvalue weighted by Crippen LogP contribution is -2.25. The van der Waals surface area contributed by atoms with E-state index in [2.05, 4.69) is 11.9 Å². The van der Waals surface area contributed by atoms with Crippen molar-refractivity contribution in [2.75, 3.05) is 13.7 Å². The molecule has 0 aliphatic carbocycles. The maximum atomic E-state index is 12.2. The topological polar surface area (TPSA) is 47.6 Å². The summed E-state index contributed by atoms with van der Waals surface area (Å²) >= 11 is 0. The average molecular weight is 351 g/mol. The Morgan fingerprint density at radius 2 is 1.96 bits per heavy atom. The maximum absolute atomic E-state index is 12.2. The number of ether oxygens (including phenoxy) is 2. The first-order valence-corrected chi connectivity index (χ1v) is 8.50. The van der Waals surface area contributed by atoms with Crippen LogP contribution in [0.1, 0.15) is 29.7 Å². The van der Waals surface area contributed by atoms with Crippen molar-refractivity contribution < 1.29 is 14.3 Å². The van der Waals surface area contributed by atoms with E-state index in [1.54, 1.807) is 19.3 Å². The van der Waals surface area contributed by atoms with Gasteiger partial charge in [0.1, 0.15) is 18.1 Å². The van der Waals surface area contributed by atoms with E-state index in [0.29, 0.717) is 6.61 Å². The molecule has 1 amide bonds. The summed E-state index contributed by atoms with van der Waals surface area (Å²) in [5.41, 5.74) is 3.00. The second-order valence-electron chi connectivity index (χ2n) is 5.98. The maximum Gasteiger partial charge on any atom is 0.244 e. The van der Waals surface area contributed by atoms with Crippen LogP contribution in [-0.4, -0.2) is 19.6 Å². The average Bonchev–Trinajstić information content (AvgIpc) is 2.65. The van der Waals surface area contributed by atoms with Crippen molar-refractivity contribution in [3.8, 4) is 11.5 Å². The van der Waals surface area contributed by atoms with Gasteiger partial charge in [-0.15, -0.1) is 0 Å². The van der Waals surface area contributed by atoms with Gasteiger partial charge in [0.25, 0.3) is 0 Å². The molecular formula is C22H25NO3. The monoisotopic (exact) mass is 351 g/mol. The quantitative estimate of drug-likeness (QED) is 0.564. The van der Waals surface area contributed by atoms with Gasteiger partial charge < -0.3 is 14.8 Å². The number of carbonyl (C=O) groups is 1. The Labute approximate surface area is 155 Å². The van der Waals surface area contributed by atoms with E-state index in [-0.39, 0.29) is 11.9 Å². The molecule has 2 aromatic rings. The van der Waals surface area contributed by atoms with Crippen molar-refractivity contribution in [3.63, 3.8) is 0 Å². The Morgan fingerprint density at radius 1 is 1.23 bits per heavy atom. The first-order valence-electron chi connectivity index (χ1n) is 8.50. The van der Waals surface area contributed by atoms with Crippen molar-refractivity contribution in [3.05, 3.63) is 77.9 Å². The molecule has 26 heavy (non-hydrogen) atoms. The molecule has 1 N–H and O–H groups in total. The van der Waals surface area contributed by atoms with Crippen LogP contribution < -0.4 is 14.8 Å². The van der Waals surface area contributed by atoms with Gasteiger partial charge in [-0.3, -0.25) is 4.79 Å². The highest BCUT2D eigenvalue weighted by atomic mass is 16.5. The van der Waals surface area contributed by atoms with Crippen LogP contribution >= 0.6 is 0 Å². The predicted molar refractivity (Wildman–Crippen MR) is 105 cm³/mol. The molecule has 0 saturated carbocycles. The molecule has 0 aliphatic rings. The fraction of sp³-hybridized carbons (Fsp3) is 0.227. The van der Waals surface area contributed by atoms with E-state index < -0.39 is 0 Å². The summed E-state index contributed by atoms with van der Waals surface area (Å²) in [6.45, 7) is 8.04. The molecule has 4 nitrogen and oxygen atoms in total. The molecular weight excluding hydrogens is 326 g/mol. The normalized spacial score (nSPS) is 11.8. The van der Waals surface area contributed by atoms with Crippen molar-refractivity contribution in [1.82, 2.24) is 5.32 Å². The minimum atomic E-state index is -0.159. The number of hydrogen-bond acceptors (Lipinski definition) is 3. The van der Waals surface area contributed by atoms with E-state index in [0.717, 1.165) is 28.2 Å². The minimum Gasteiger partial charge on any atom is -0.496 e. The fourth-order valence-electron chi connectivity index (χ4n) is 2.53. The zero-order valence-electron chi connectivity index (χ0n) is 15.5. The van der Waals surface area contributed by atoms with Crippen LogP contribution in [0.4, 0.5) is 0 Å². The first-order chi connectivity index (χ1) is 12.5. The SMILES string of the molecule is C=CCOc1ccc(/C=C/C(=O)N[C@@H](C)c2cc(C)ccc2OC)cc1. The smallest absolute Gasteiger partial charge is 0.244 e. The Bertz CT molecular complexity index is 778. The summed E-state index contributed by atoms with van der Waals surface area (Å²) in [5.74, 6) is 1.38. The molecule has 0 spiro atoms. The van der Waals surface area contributed by atoms with E-state index in [9.17, 15) is 4.79 Å². The van der Waals surface area contributed by atoms with Gasteiger partial charge in [0.2, 0.25) is 5.91 Å². The second kappa shape index (κ2) is 9.47. The molecule has 1 atom stereocenters. The first kappa shape index (κ1) is 19.3. The van der Waals surface area contributed by atoms with Gasteiger partial charge in [0, 0.05) is 11.6 Å². The van der Waals surface area contributed by atoms with Gasteiger partial charge in [-0.25, -0.2) is 0 Å². The van der Waals surface area contributed by atoms with E-state index in [1.165, 1.54) is 6.08 Å². The number of aryl methyl sites for hydroxylation is 1. The van der Waals surface area contributed by atoms with Gasteiger partial charge in [0.05, 0.1) is 13.2 Å². The second-order valence-corrected chi connectivity index (χ2v) is 5.98. The molecule has 0 heterocycles. The molecule has 0 unspecified atom stereocenters. The molecule has 4 heteroatoms. The van der Waals surface area contributed by atoms with Crippen LogP contribution in [0.25, 0.3) is 6.08 Å². The van der Waals surface area contributed by atoms with E-state index in [4.69, 9.17) is 9.47 Å². The summed E-state index contributed by atoms with van der Waals surface area (Å²) in [6.07, 6.45) is 4.99. The molecule has 0 radical (unpaired) electrons. The Hall–Kier alpha value is -3.01. The number of carbonyl (C=O) groups excluding carboxylic acids is 1. The largest absolute Gasteiger partial charge is 0.496 e. The Kier molecular flexibility index (Phi) is 7.03. The lowest BCUT2D eigenvalue weighted by molar-refractivity contribution is -0.117. The number of nitrogens with one attached hydrogen (secondary N) is 1. The van der Waals surface area contributed by atoms with Crippen molar-refractivity contribution in [1.29, 1.82) is 0 Å². The summed E-state index contributed by atoms with van der Waals surface area (Å²) < 4.78 is 10.8. The minimum absolute atomic E-state index is 0.156. The van der Waals surface area contributed by atoms with Gasteiger partial charge in [-0.1, -0.05) is 42.5 Å². The highest BCUT2D eigenvalue weighted by molar-refractivity contribution is 5.92. The van der Waals surface area contributed by atoms with E-state index in [1.807, 2.05) is 56.3 Å².